The average molecular weight is 143 g/mol. The van der Waals surface area contributed by atoms with Gasteiger partial charge in [0.15, 0.2) is 0 Å². The van der Waals surface area contributed by atoms with Gasteiger partial charge in [-0.3, -0.25) is 4.78 Å². The van der Waals surface area contributed by atoms with Crippen LogP contribution in [0, 0.1) is 4.78 Å². The van der Waals surface area contributed by atoms with Crippen molar-refractivity contribution in [2.75, 3.05) is 0 Å². The maximum absolute atomic E-state index is 10.2. The molecule has 0 aromatic rings. The third kappa shape index (κ3) is 1.08. The molecule has 0 aliphatic carbocycles. The Labute approximate surface area is 54.6 Å². The van der Waals surface area contributed by atoms with Gasteiger partial charge in [0.25, 0.3) is 0 Å². The quantitative estimate of drug-likeness (QED) is 0.572. The molecule has 0 bridgehead atoms. The van der Waals surface area contributed by atoms with E-state index >= 15 is 0 Å². The van der Waals surface area contributed by atoms with Crippen LogP contribution < -0.4 is 0 Å². The van der Waals surface area contributed by atoms with Crippen molar-refractivity contribution < 1.29 is 9.90 Å². The maximum atomic E-state index is 10.2. The first kappa shape index (κ1) is 6.22. The fraction of sp³-hybridized carbons (Fsp3) is 0. The van der Waals surface area contributed by atoms with Crippen molar-refractivity contribution in [1.29, 1.82) is 4.78 Å². The lowest BCUT2D eigenvalue weighted by molar-refractivity contribution is -0.131. The molecular weight excluding hydrogens is 138 g/mol. The minimum atomic E-state index is -0.988. The van der Waals surface area contributed by atoms with Crippen molar-refractivity contribution in [3.05, 3.63) is 22.5 Å². The molecule has 9 heavy (non-hydrogen) atoms. The van der Waals surface area contributed by atoms with Gasteiger partial charge in [-0.1, -0.05) is 6.08 Å². The molecule has 1 atom stereocenters. The Hall–Kier alpha value is -0.900. The molecule has 0 saturated heterocycles. The van der Waals surface area contributed by atoms with Gasteiger partial charge in [-0.15, -0.1) is 0 Å². The van der Waals surface area contributed by atoms with Gasteiger partial charge in [0.1, 0.15) is 4.91 Å². The van der Waals surface area contributed by atoms with Crippen molar-refractivity contribution in [3.8, 4) is 0 Å². The van der Waals surface area contributed by atoms with Gasteiger partial charge in [-0.05, 0) is 22.2 Å². The molecule has 2 N–H and O–H groups in total. The highest BCUT2D eigenvalue weighted by molar-refractivity contribution is 7.94. The molecule has 0 fully saturated rings. The van der Waals surface area contributed by atoms with E-state index in [9.17, 15) is 4.79 Å². The normalized spacial score (nSPS) is 24.0. The molecule has 1 rings (SSSR count). The summed E-state index contributed by atoms with van der Waals surface area (Å²) < 4.78 is 7.11. The molecule has 4 heteroatoms. The van der Waals surface area contributed by atoms with E-state index in [2.05, 4.69) is 0 Å². The van der Waals surface area contributed by atoms with Crippen molar-refractivity contribution in [1.82, 2.24) is 0 Å². The fourth-order valence-electron chi connectivity index (χ4n) is 0.517. The van der Waals surface area contributed by atoms with Crippen molar-refractivity contribution in [2.45, 2.75) is 0 Å². The molecule has 1 heterocycles. The second kappa shape index (κ2) is 2.14. The van der Waals surface area contributed by atoms with E-state index in [4.69, 9.17) is 9.89 Å². The number of allylic oxidation sites excluding steroid dienone is 2. The summed E-state index contributed by atoms with van der Waals surface area (Å²) in [7, 11) is -0.910. The zero-order chi connectivity index (χ0) is 6.85. The zero-order valence-corrected chi connectivity index (χ0v) is 5.31. The number of carbonyl (C=O) groups is 1. The first-order chi connectivity index (χ1) is 4.22. The van der Waals surface area contributed by atoms with Gasteiger partial charge in [-0.25, -0.2) is 4.79 Å². The monoisotopic (exact) mass is 143 g/mol. The molecule has 48 valence electrons. The first-order valence-electron chi connectivity index (χ1n) is 2.28. The molecule has 1 aliphatic rings. The van der Waals surface area contributed by atoms with Crippen LogP contribution in [0.4, 0.5) is 0 Å². The summed E-state index contributed by atoms with van der Waals surface area (Å²) in [6.45, 7) is 0. The van der Waals surface area contributed by atoms with Gasteiger partial charge >= 0.3 is 5.97 Å². The van der Waals surface area contributed by atoms with E-state index in [1.165, 1.54) is 6.08 Å². The molecule has 0 radical (unpaired) electrons. The van der Waals surface area contributed by atoms with Gasteiger partial charge in [0.05, 0.1) is 0 Å². The Bertz CT molecular complexity index is 229. The number of hydrogen-bond donors (Lipinski definition) is 2. The van der Waals surface area contributed by atoms with Crippen LogP contribution in [-0.2, 0) is 15.5 Å². The van der Waals surface area contributed by atoms with Crippen LogP contribution in [0.2, 0.25) is 0 Å². The summed E-state index contributed by atoms with van der Waals surface area (Å²) in [6, 6.07) is 0. The summed E-state index contributed by atoms with van der Waals surface area (Å²) in [5, 5.41) is 9.92. The Morgan fingerprint density at radius 3 is 2.67 bits per heavy atom. The highest BCUT2D eigenvalue weighted by Crippen LogP contribution is 2.11. The largest absolute Gasteiger partial charge is 0.477 e. The first-order valence-corrected chi connectivity index (χ1v) is 3.56. The summed E-state index contributed by atoms with van der Waals surface area (Å²) in [6.07, 6.45) is 3.05. The number of carboxylic acid groups (broad SMARTS) is 1. The predicted molar refractivity (Wildman–Crippen MR) is 34.9 cm³/mol. The fourth-order valence-corrected chi connectivity index (χ4v) is 1.31. The van der Waals surface area contributed by atoms with E-state index in [1.807, 2.05) is 0 Å². The molecule has 0 aromatic carbocycles. The van der Waals surface area contributed by atoms with Gasteiger partial charge in [0.2, 0.25) is 0 Å². The number of aliphatic carboxylic acids is 1. The number of carboxylic acids is 1. The number of nitrogens with one attached hydrogen (secondary N) is 1. The average Bonchev–Trinajstić information content (AvgIpc) is 2.13. The van der Waals surface area contributed by atoms with Crippen molar-refractivity contribution >= 4 is 16.7 Å². The van der Waals surface area contributed by atoms with Crippen LogP contribution in [0.3, 0.4) is 0 Å². The smallest absolute Gasteiger partial charge is 0.343 e. The van der Waals surface area contributed by atoms with Crippen LogP contribution in [0.25, 0.3) is 0 Å². The van der Waals surface area contributed by atoms with Gasteiger partial charge < -0.3 is 5.11 Å². The number of hydrogen-bond acceptors (Lipinski definition) is 2. The minimum Gasteiger partial charge on any atom is -0.477 e. The number of rotatable bonds is 1. The van der Waals surface area contributed by atoms with Crippen LogP contribution >= 0.6 is 0 Å². The van der Waals surface area contributed by atoms with E-state index < -0.39 is 16.7 Å². The summed E-state index contributed by atoms with van der Waals surface area (Å²) in [4.78, 5) is 10.4. The van der Waals surface area contributed by atoms with E-state index in [1.54, 1.807) is 11.5 Å². The van der Waals surface area contributed by atoms with Crippen LogP contribution in [0.15, 0.2) is 22.5 Å². The zero-order valence-electron chi connectivity index (χ0n) is 4.50. The Morgan fingerprint density at radius 2 is 2.44 bits per heavy atom. The molecule has 1 aliphatic heterocycles. The highest BCUT2D eigenvalue weighted by atomic mass is 32.2. The Morgan fingerprint density at radius 1 is 1.78 bits per heavy atom. The summed E-state index contributed by atoms with van der Waals surface area (Å²) >= 11 is 0. The van der Waals surface area contributed by atoms with Crippen molar-refractivity contribution in [2.24, 2.45) is 0 Å². The lowest BCUT2D eigenvalue weighted by atomic mass is 10.5. The lowest BCUT2D eigenvalue weighted by Gasteiger charge is -1.91. The standard InChI is InChI=1S/C5H5NO2S/c6-9-3-1-2-4(9)5(7)8/h1-3,6H,(H,7,8). The van der Waals surface area contributed by atoms with Gasteiger partial charge in [0, 0.05) is 0 Å². The molecule has 3 nitrogen and oxygen atoms in total. The molecule has 0 aromatic heterocycles. The third-order valence-electron chi connectivity index (χ3n) is 0.910. The molecular formula is C5H5NO2S. The minimum absolute atomic E-state index is 0.176. The molecule has 1 unspecified atom stereocenters. The van der Waals surface area contributed by atoms with E-state index in [-0.39, 0.29) is 4.91 Å². The van der Waals surface area contributed by atoms with E-state index in [0.29, 0.717) is 0 Å². The maximum Gasteiger partial charge on any atom is 0.343 e. The van der Waals surface area contributed by atoms with Crippen LogP contribution in [0.1, 0.15) is 0 Å². The second-order valence-corrected chi connectivity index (χ2v) is 2.89. The Balaban J connectivity index is 2.88. The molecule has 0 spiro atoms. The molecule has 0 amide bonds. The Kier molecular flexibility index (Phi) is 1.48. The highest BCUT2D eigenvalue weighted by Gasteiger charge is 2.11. The van der Waals surface area contributed by atoms with Crippen LogP contribution in [0.5, 0.6) is 0 Å². The third-order valence-corrected chi connectivity index (χ3v) is 2.12. The summed E-state index contributed by atoms with van der Waals surface area (Å²) in [5.41, 5.74) is 0. The SMILES string of the molecule is N=S1C=CC=C1C(=O)O. The van der Waals surface area contributed by atoms with Crippen molar-refractivity contribution in [3.63, 3.8) is 0 Å². The summed E-state index contributed by atoms with van der Waals surface area (Å²) in [5.74, 6) is -0.988. The predicted octanol–water partition coefficient (Wildman–Crippen LogP) is 0.863. The topological polar surface area (TPSA) is 61.2 Å². The van der Waals surface area contributed by atoms with E-state index in [0.717, 1.165) is 0 Å². The van der Waals surface area contributed by atoms with Gasteiger partial charge in [-0.2, -0.15) is 0 Å². The lowest BCUT2D eigenvalue weighted by Crippen LogP contribution is -2.00. The van der Waals surface area contributed by atoms with Crippen LogP contribution in [-0.4, -0.2) is 11.1 Å². The second-order valence-electron chi connectivity index (χ2n) is 1.50. The molecule has 0 saturated carbocycles.